The van der Waals surface area contributed by atoms with Gasteiger partial charge >= 0.3 is 6.09 Å². The average Bonchev–Trinajstić information content (AvgIpc) is 1.98. The molecule has 5 heteroatoms. The van der Waals surface area contributed by atoms with Crippen molar-refractivity contribution in [2.24, 2.45) is 0 Å². The molecule has 0 atom stereocenters. The highest BCUT2D eigenvalue weighted by atomic mass is 32.1. The number of hydrogen-bond donors (Lipinski definition) is 2. The fraction of sp³-hybridized carbons (Fsp3) is 0.714. The summed E-state index contributed by atoms with van der Waals surface area (Å²) in [5.41, 5.74) is 0. The van der Waals surface area contributed by atoms with Gasteiger partial charge in [0.25, 0.3) is 0 Å². The molecule has 0 aliphatic rings. The van der Waals surface area contributed by atoms with E-state index in [9.17, 15) is 9.59 Å². The molecule has 0 rings (SSSR count). The molecule has 0 radical (unpaired) electrons. The van der Waals surface area contributed by atoms with Crippen LogP contribution in [0.5, 0.6) is 0 Å². The van der Waals surface area contributed by atoms with Crippen molar-refractivity contribution in [3.63, 3.8) is 0 Å². The van der Waals surface area contributed by atoms with Gasteiger partial charge in [-0.15, -0.1) is 12.6 Å². The Morgan fingerprint density at radius 1 is 1.50 bits per heavy atom. The Kier molecular flexibility index (Phi) is 6.55. The molecule has 1 N–H and O–H groups in total. The first-order valence-electron chi connectivity index (χ1n) is 3.79. The first kappa shape index (κ1) is 11.3. The smallest absolute Gasteiger partial charge is 0.407 e. The summed E-state index contributed by atoms with van der Waals surface area (Å²) in [7, 11) is 0. The summed E-state index contributed by atoms with van der Waals surface area (Å²) in [6.45, 7) is 2.54. The van der Waals surface area contributed by atoms with Crippen LogP contribution in [0.3, 0.4) is 0 Å². The van der Waals surface area contributed by atoms with Crippen molar-refractivity contribution < 1.29 is 14.3 Å². The molecule has 70 valence electrons. The number of thiol groups is 1. The minimum Gasteiger partial charge on any atom is -0.450 e. The molecular weight excluding hydrogens is 178 g/mol. The van der Waals surface area contributed by atoms with E-state index in [1.165, 1.54) is 0 Å². The molecular formula is C7H13NO3S. The van der Waals surface area contributed by atoms with Crippen molar-refractivity contribution in [3.8, 4) is 0 Å². The van der Waals surface area contributed by atoms with Crippen LogP contribution in [-0.4, -0.2) is 24.4 Å². The molecule has 0 aliphatic carbocycles. The van der Waals surface area contributed by atoms with E-state index >= 15 is 0 Å². The predicted octanol–water partition coefficient (Wildman–Crippen LogP) is 0.969. The Labute approximate surface area is 77.1 Å². The molecule has 0 saturated carbocycles. The van der Waals surface area contributed by atoms with Crippen LogP contribution in [0.1, 0.15) is 19.8 Å². The molecule has 0 aliphatic heterocycles. The summed E-state index contributed by atoms with van der Waals surface area (Å²) in [6.07, 6.45) is 0.528. The van der Waals surface area contributed by atoms with E-state index in [-0.39, 0.29) is 5.12 Å². The second-order valence-corrected chi connectivity index (χ2v) is 2.64. The maximum Gasteiger partial charge on any atom is 0.407 e. The van der Waals surface area contributed by atoms with E-state index in [1.54, 1.807) is 6.92 Å². The van der Waals surface area contributed by atoms with E-state index < -0.39 is 6.09 Å². The Hall–Kier alpha value is -0.710. The van der Waals surface area contributed by atoms with Gasteiger partial charge in [0.1, 0.15) is 0 Å². The maximum absolute atomic E-state index is 10.7. The maximum atomic E-state index is 10.7. The molecule has 0 unspecified atom stereocenters. The van der Waals surface area contributed by atoms with Crippen LogP contribution in [0.15, 0.2) is 0 Å². The number of carbonyl (C=O) groups is 2. The summed E-state index contributed by atoms with van der Waals surface area (Å²) >= 11 is 3.58. The monoisotopic (exact) mass is 191 g/mol. The topological polar surface area (TPSA) is 55.4 Å². The highest BCUT2D eigenvalue weighted by Gasteiger charge is 1.99. The van der Waals surface area contributed by atoms with Crippen molar-refractivity contribution in [3.05, 3.63) is 0 Å². The Morgan fingerprint density at radius 3 is 2.67 bits per heavy atom. The normalized spacial score (nSPS) is 9.17. The van der Waals surface area contributed by atoms with Gasteiger partial charge in [0.15, 0.2) is 5.12 Å². The number of nitrogens with one attached hydrogen (secondary N) is 1. The molecule has 0 aromatic carbocycles. The van der Waals surface area contributed by atoms with Gasteiger partial charge in [-0.05, 0) is 13.3 Å². The van der Waals surface area contributed by atoms with Gasteiger partial charge in [-0.2, -0.15) is 0 Å². The number of alkyl carbamates (subject to hydrolysis) is 1. The van der Waals surface area contributed by atoms with Crippen LogP contribution in [0.25, 0.3) is 0 Å². The minimum absolute atomic E-state index is 0.166. The molecule has 0 bridgehead atoms. The lowest BCUT2D eigenvalue weighted by atomic mass is 10.3. The van der Waals surface area contributed by atoms with Gasteiger partial charge in [-0.1, -0.05) is 0 Å². The molecule has 1 amide bonds. The number of carbonyl (C=O) groups excluding carboxylic acids is 2. The Bertz CT molecular complexity index is 161. The predicted molar refractivity (Wildman–Crippen MR) is 48.3 cm³/mol. The lowest BCUT2D eigenvalue weighted by Gasteiger charge is -2.02. The fourth-order valence-corrected chi connectivity index (χ4v) is 0.770. The molecule has 0 saturated heterocycles. The van der Waals surface area contributed by atoms with Crippen LogP contribution in [-0.2, 0) is 9.53 Å². The molecule has 0 spiro atoms. The van der Waals surface area contributed by atoms with Gasteiger partial charge in [0.05, 0.1) is 6.61 Å². The Balaban J connectivity index is 3.19. The van der Waals surface area contributed by atoms with Crippen LogP contribution >= 0.6 is 12.6 Å². The molecule has 0 fully saturated rings. The van der Waals surface area contributed by atoms with Crippen molar-refractivity contribution in [2.75, 3.05) is 13.2 Å². The van der Waals surface area contributed by atoms with Crippen molar-refractivity contribution in [2.45, 2.75) is 19.8 Å². The van der Waals surface area contributed by atoms with Gasteiger partial charge in [-0.3, -0.25) is 4.79 Å². The third-order valence-corrected chi connectivity index (χ3v) is 1.34. The van der Waals surface area contributed by atoms with E-state index in [1.807, 2.05) is 0 Å². The highest BCUT2D eigenvalue weighted by molar-refractivity contribution is 7.96. The zero-order valence-corrected chi connectivity index (χ0v) is 7.89. The zero-order valence-electron chi connectivity index (χ0n) is 7.00. The minimum atomic E-state index is -0.441. The highest BCUT2D eigenvalue weighted by Crippen LogP contribution is 1.92. The summed E-state index contributed by atoms with van der Waals surface area (Å²) in [5, 5.41) is 2.33. The van der Waals surface area contributed by atoms with Gasteiger partial charge in [0.2, 0.25) is 0 Å². The van der Waals surface area contributed by atoms with Crippen molar-refractivity contribution in [1.29, 1.82) is 0 Å². The van der Waals surface area contributed by atoms with Gasteiger partial charge in [0, 0.05) is 13.0 Å². The third kappa shape index (κ3) is 7.40. The van der Waals surface area contributed by atoms with Gasteiger partial charge < -0.3 is 10.1 Å². The summed E-state index contributed by atoms with van der Waals surface area (Å²) in [4.78, 5) is 21.0. The standard InChI is InChI=1S/C7H13NO3S/c1-2-11-7(10)8-5-3-4-6(9)12/h2-5H2,1H3,(H,8,10)(H,9,12). The Morgan fingerprint density at radius 2 is 2.17 bits per heavy atom. The quantitative estimate of drug-likeness (QED) is 0.503. The van der Waals surface area contributed by atoms with Crippen molar-refractivity contribution >= 4 is 23.8 Å². The lowest BCUT2D eigenvalue weighted by Crippen LogP contribution is -2.25. The average molecular weight is 191 g/mol. The largest absolute Gasteiger partial charge is 0.450 e. The van der Waals surface area contributed by atoms with Crippen LogP contribution in [0, 0.1) is 0 Å². The SMILES string of the molecule is CCOC(=O)NCCCC(=O)S. The van der Waals surface area contributed by atoms with E-state index in [0.29, 0.717) is 26.0 Å². The third-order valence-electron chi connectivity index (χ3n) is 1.11. The molecule has 4 nitrogen and oxygen atoms in total. The zero-order chi connectivity index (χ0) is 9.40. The van der Waals surface area contributed by atoms with Crippen LogP contribution < -0.4 is 5.32 Å². The van der Waals surface area contributed by atoms with Crippen LogP contribution in [0.2, 0.25) is 0 Å². The summed E-state index contributed by atoms with van der Waals surface area (Å²) < 4.78 is 4.59. The van der Waals surface area contributed by atoms with E-state index in [2.05, 4.69) is 22.7 Å². The molecule has 0 aromatic heterocycles. The van der Waals surface area contributed by atoms with E-state index in [4.69, 9.17) is 0 Å². The first-order chi connectivity index (χ1) is 5.66. The number of rotatable bonds is 5. The fourth-order valence-electron chi connectivity index (χ4n) is 0.612. The van der Waals surface area contributed by atoms with Crippen LogP contribution in [0.4, 0.5) is 4.79 Å². The molecule has 0 heterocycles. The summed E-state index contributed by atoms with van der Waals surface area (Å²) in [5.74, 6) is 0. The number of ether oxygens (including phenoxy) is 1. The summed E-state index contributed by atoms with van der Waals surface area (Å²) in [6, 6.07) is 0. The number of hydrogen-bond acceptors (Lipinski definition) is 3. The second kappa shape index (κ2) is 6.97. The lowest BCUT2D eigenvalue weighted by molar-refractivity contribution is -0.110. The number of amides is 1. The van der Waals surface area contributed by atoms with E-state index in [0.717, 1.165) is 0 Å². The first-order valence-corrected chi connectivity index (χ1v) is 4.24. The van der Waals surface area contributed by atoms with Gasteiger partial charge in [-0.25, -0.2) is 4.79 Å². The molecule has 0 aromatic rings. The molecule has 12 heavy (non-hydrogen) atoms. The van der Waals surface area contributed by atoms with Crippen molar-refractivity contribution in [1.82, 2.24) is 5.32 Å². The second-order valence-electron chi connectivity index (χ2n) is 2.14.